The molecular formula is C18H11BrN2O4. The highest BCUT2D eigenvalue weighted by molar-refractivity contribution is 9.10. The van der Waals surface area contributed by atoms with Crippen LogP contribution in [0.25, 0.3) is 0 Å². The molecule has 0 spiro atoms. The van der Waals surface area contributed by atoms with E-state index in [9.17, 15) is 19.8 Å². The first-order chi connectivity index (χ1) is 12.0. The van der Waals surface area contributed by atoms with Crippen LogP contribution in [0.2, 0.25) is 0 Å². The molecule has 0 saturated carbocycles. The molecule has 0 radical (unpaired) electrons. The number of halogens is 1. The first-order valence-corrected chi connectivity index (χ1v) is 8.21. The van der Waals surface area contributed by atoms with Gasteiger partial charge in [-0.1, -0.05) is 28.1 Å². The zero-order valence-electron chi connectivity index (χ0n) is 12.7. The van der Waals surface area contributed by atoms with Gasteiger partial charge >= 0.3 is 0 Å². The van der Waals surface area contributed by atoms with Crippen LogP contribution in [-0.2, 0) is 6.54 Å². The van der Waals surface area contributed by atoms with Crippen LogP contribution >= 0.6 is 15.9 Å². The molecular weight excluding hydrogens is 388 g/mol. The number of rotatable bonds is 2. The molecule has 4 rings (SSSR count). The minimum atomic E-state index is -0.576. The summed E-state index contributed by atoms with van der Waals surface area (Å²) >= 11 is 3.34. The fraction of sp³-hybridized carbons (Fsp3) is 0.0556. The number of hydrogen-bond acceptors (Lipinski definition) is 5. The van der Waals surface area contributed by atoms with Crippen LogP contribution in [0.15, 0.2) is 47.1 Å². The molecule has 2 N–H and O–H groups in total. The van der Waals surface area contributed by atoms with Gasteiger partial charge < -0.3 is 10.2 Å². The van der Waals surface area contributed by atoms with Gasteiger partial charge in [-0.05, 0) is 29.8 Å². The van der Waals surface area contributed by atoms with Crippen molar-refractivity contribution in [3.63, 3.8) is 0 Å². The van der Waals surface area contributed by atoms with E-state index >= 15 is 0 Å². The van der Waals surface area contributed by atoms with Crippen molar-refractivity contribution in [3.05, 3.63) is 75.0 Å². The summed E-state index contributed by atoms with van der Waals surface area (Å²) in [4.78, 5) is 29.2. The Morgan fingerprint density at radius 2 is 1.60 bits per heavy atom. The zero-order valence-corrected chi connectivity index (χ0v) is 14.3. The first kappa shape index (κ1) is 15.6. The van der Waals surface area contributed by atoms with Gasteiger partial charge in [-0.25, -0.2) is 0 Å². The number of ketones is 2. The van der Waals surface area contributed by atoms with Crippen LogP contribution in [0.4, 0.5) is 0 Å². The molecule has 0 fully saturated rings. The third kappa shape index (κ3) is 2.27. The number of carbonyl (C=O) groups is 2. The molecule has 25 heavy (non-hydrogen) atoms. The highest BCUT2D eigenvalue weighted by Crippen LogP contribution is 2.40. The van der Waals surface area contributed by atoms with E-state index in [1.807, 2.05) is 24.3 Å². The average molecular weight is 399 g/mol. The van der Waals surface area contributed by atoms with E-state index in [-0.39, 0.29) is 28.9 Å². The van der Waals surface area contributed by atoms with Crippen molar-refractivity contribution >= 4 is 27.5 Å². The molecule has 0 atom stereocenters. The quantitative estimate of drug-likeness (QED) is 0.541. The molecule has 7 heteroatoms. The Kier molecular flexibility index (Phi) is 3.47. The van der Waals surface area contributed by atoms with Crippen LogP contribution in [-0.4, -0.2) is 31.3 Å². The van der Waals surface area contributed by atoms with Gasteiger partial charge in [0, 0.05) is 10.7 Å². The van der Waals surface area contributed by atoms with Gasteiger partial charge in [0.15, 0.2) is 0 Å². The number of hydrogen-bond donors (Lipinski definition) is 2. The fourth-order valence-electron chi connectivity index (χ4n) is 2.97. The summed E-state index contributed by atoms with van der Waals surface area (Å²) in [7, 11) is 0. The molecule has 0 saturated heterocycles. The lowest BCUT2D eigenvalue weighted by Crippen LogP contribution is -2.20. The van der Waals surface area contributed by atoms with E-state index in [2.05, 4.69) is 20.9 Å². The van der Waals surface area contributed by atoms with Crippen molar-refractivity contribution in [1.82, 2.24) is 9.55 Å². The van der Waals surface area contributed by atoms with Crippen molar-refractivity contribution in [2.75, 3.05) is 0 Å². The third-order valence-electron chi connectivity index (χ3n) is 4.18. The SMILES string of the molecule is O=C1c2cccnc2C(=O)c2c1c(O)n(Cc1ccc(Br)cc1)c2O. The molecule has 0 bridgehead atoms. The Morgan fingerprint density at radius 3 is 2.28 bits per heavy atom. The molecule has 6 nitrogen and oxygen atoms in total. The third-order valence-corrected chi connectivity index (χ3v) is 4.71. The highest BCUT2D eigenvalue weighted by Gasteiger charge is 2.39. The number of carbonyl (C=O) groups excluding carboxylic acids is 2. The normalized spacial score (nSPS) is 12.8. The van der Waals surface area contributed by atoms with Crippen LogP contribution in [0, 0.1) is 0 Å². The number of pyridine rings is 1. The number of fused-ring (bicyclic) bond motifs is 2. The maximum atomic E-state index is 12.7. The Labute approximate surface area is 150 Å². The molecule has 2 heterocycles. The fourth-order valence-corrected chi connectivity index (χ4v) is 3.23. The molecule has 1 aliphatic carbocycles. The van der Waals surface area contributed by atoms with Gasteiger partial charge in [-0.3, -0.25) is 19.1 Å². The minimum Gasteiger partial charge on any atom is -0.494 e. The predicted molar refractivity (Wildman–Crippen MR) is 92.1 cm³/mol. The van der Waals surface area contributed by atoms with Crippen molar-refractivity contribution in [3.8, 4) is 11.8 Å². The molecule has 0 unspecified atom stereocenters. The Balaban J connectivity index is 1.87. The van der Waals surface area contributed by atoms with Gasteiger partial charge in [0.05, 0.1) is 17.7 Å². The first-order valence-electron chi connectivity index (χ1n) is 7.42. The van der Waals surface area contributed by atoms with Gasteiger partial charge in [0.25, 0.3) is 0 Å². The Hall–Kier alpha value is -2.93. The van der Waals surface area contributed by atoms with E-state index in [1.165, 1.54) is 12.3 Å². The van der Waals surface area contributed by atoms with Crippen LogP contribution < -0.4 is 0 Å². The number of benzene rings is 1. The van der Waals surface area contributed by atoms with Crippen LogP contribution in [0.5, 0.6) is 11.8 Å². The second-order valence-corrected chi connectivity index (χ2v) is 6.58. The van der Waals surface area contributed by atoms with Crippen LogP contribution in [0.3, 0.4) is 0 Å². The Morgan fingerprint density at radius 1 is 0.960 bits per heavy atom. The van der Waals surface area contributed by atoms with Crippen LogP contribution in [0.1, 0.15) is 37.5 Å². The van der Waals surface area contributed by atoms with Gasteiger partial charge in [0.2, 0.25) is 23.3 Å². The second kappa shape index (κ2) is 5.56. The number of aromatic hydroxyl groups is 2. The molecule has 0 aliphatic heterocycles. The van der Waals surface area contributed by atoms with E-state index in [0.717, 1.165) is 14.6 Å². The number of nitrogens with zero attached hydrogens (tertiary/aromatic N) is 2. The summed E-state index contributed by atoms with van der Waals surface area (Å²) < 4.78 is 2.04. The maximum Gasteiger partial charge on any atom is 0.218 e. The summed E-state index contributed by atoms with van der Waals surface area (Å²) in [6.07, 6.45) is 1.41. The molecule has 1 aromatic carbocycles. The summed E-state index contributed by atoms with van der Waals surface area (Å²) in [5.74, 6) is -1.97. The largest absolute Gasteiger partial charge is 0.494 e. The molecule has 0 amide bonds. The minimum absolute atomic E-state index is 0.0175. The molecule has 2 aromatic heterocycles. The van der Waals surface area contributed by atoms with Gasteiger partial charge in [-0.15, -0.1) is 0 Å². The predicted octanol–water partition coefficient (Wildman–Crippen LogP) is 2.88. The van der Waals surface area contributed by atoms with E-state index < -0.39 is 23.3 Å². The lowest BCUT2D eigenvalue weighted by molar-refractivity contribution is 0.0972. The lowest BCUT2D eigenvalue weighted by Gasteiger charge is -2.12. The summed E-state index contributed by atoms with van der Waals surface area (Å²) in [5, 5.41) is 21.0. The van der Waals surface area contributed by atoms with Crippen molar-refractivity contribution in [1.29, 1.82) is 0 Å². The van der Waals surface area contributed by atoms with Gasteiger partial charge in [0.1, 0.15) is 11.3 Å². The number of aromatic nitrogens is 2. The summed E-state index contributed by atoms with van der Waals surface area (Å²) in [5.41, 5.74) is 0.509. The summed E-state index contributed by atoms with van der Waals surface area (Å²) in [6.45, 7) is 0.113. The topological polar surface area (TPSA) is 92.4 Å². The second-order valence-electron chi connectivity index (χ2n) is 5.67. The van der Waals surface area contributed by atoms with Crippen molar-refractivity contribution < 1.29 is 19.8 Å². The smallest absolute Gasteiger partial charge is 0.218 e. The van der Waals surface area contributed by atoms with E-state index in [1.54, 1.807) is 6.07 Å². The summed E-state index contributed by atoms with van der Waals surface area (Å²) in [6, 6.07) is 10.3. The van der Waals surface area contributed by atoms with Crippen molar-refractivity contribution in [2.45, 2.75) is 6.54 Å². The monoisotopic (exact) mass is 398 g/mol. The molecule has 124 valence electrons. The maximum absolute atomic E-state index is 12.7. The average Bonchev–Trinajstić information content (AvgIpc) is 2.86. The standard InChI is InChI=1S/C18H11BrN2O4/c19-10-5-3-9(4-6-10)8-21-17(24)12-13(18(21)25)16(23)14-11(15(12)22)2-1-7-20-14/h1-7,24-25H,8H2. The highest BCUT2D eigenvalue weighted by atomic mass is 79.9. The van der Waals surface area contributed by atoms with E-state index in [0.29, 0.717) is 0 Å². The zero-order chi connectivity index (χ0) is 17.7. The van der Waals surface area contributed by atoms with Gasteiger partial charge in [-0.2, -0.15) is 0 Å². The van der Waals surface area contributed by atoms with Crippen molar-refractivity contribution in [2.24, 2.45) is 0 Å². The molecule has 3 aromatic rings. The lowest BCUT2D eigenvalue weighted by atomic mass is 9.89. The molecule has 1 aliphatic rings. The Bertz CT molecular complexity index is 979. The van der Waals surface area contributed by atoms with E-state index in [4.69, 9.17) is 0 Å².